The molecule has 0 fully saturated rings. The van der Waals surface area contributed by atoms with E-state index in [1.165, 1.54) is 0 Å². The Labute approximate surface area is 110 Å². The van der Waals surface area contributed by atoms with Gasteiger partial charge in [0.05, 0.1) is 11.8 Å². The van der Waals surface area contributed by atoms with Crippen molar-refractivity contribution in [3.8, 4) is 0 Å². The smallest absolute Gasteiger partial charge is 0.158 e. The van der Waals surface area contributed by atoms with Gasteiger partial charge in [-0.25, -0.2) is 0 Å². The molecule has 92 valence electrons. The Kier molecular flexibility index (Phi) is 4.14. The van der Waals surface area contributed by atoms with Gasteiger partial charge < -0.3 is 11.1 Å². The van der Waals surface area contributed by atoms with Crippen molar-refractivity contribution in [1.82, 2.24) is 15.2 Å². The maximum Gasteiger partial charge on any atom is 0.158 e. The van der Waals surface area contributed by atoms with E-state index in [-0.39, 0.29) is 0 Å². The van der Waals surface area contributed by atoms with Gasteiger partial charge in [-0.3, -0.25) is 4.98 Å². The molecule has 5 nitrogen and oxygen atoms in total. The van der Waals surface area contributed by atoms with Crippen LogP contribution in [0.5, 0.6) is 0 Å². The summed E-state index contributed by atoms with van der Waals surface area (Å²) in [6.45, 7) is 0.700. The van der Waals surface area contributed by atoms with Crippen LogP contribution in [0.15, 0.2) is 36.7 Å². The van der Waals surface area contributed by atoms with Gasteiger partial charge >= 0.3 is 0 Å². The maximum absolute atomic E-state index is 5.61. The van der Waals surface area contributed by atoms with Gasteiger partial charge in [0.25, 0.3) is 0 Å². The quantitative estimate of drug-likeness (QED) is 0.785. The predicted molar refractivity (Wildman–Crippen MR) is 74.4 cm³/mol. The monoisotopic (exact) mass is 259 g/mol. The number of aromatic nitrogens is 3. The molecule has 0 radical (unpaired) electrons. The van der Waals surface area contributed by atoms with Gasteiger partial charge in [0.2, 0.25) is 0 Å². The van der Waals surface area contributed by atoms with Gasteiger partial charge in [0.15, 0.2) is 5.82 Å². The summed E-state index contributed by atoms with van der Waals surface area (Å²) in [5, 5.41) is 11.0. The molecule has 6 heteroatoms. The van der Waals surface area contributed by atoms with Gasteiger partial charge in [0, 0.05) is 24.9 Å². The van der Waals surface area contributed by atoms with Crippen LogP contribution in [0.2, 0.25) is 0 Å². The zero-order valence-electron chi connectivity index (χ0n) is 9.71. The summed E-state index contributed by atoms with van der Waals surface area (Å²) >= 11 is 4.95. The van der Waals surface area contributed by atoms with E-state index in [1.54, 1.807) is 18.5 Å². The van der Waals surface area contributed by atoms with Crippen LogP contribution in [-0.4, -0.2) is 26.7 Å². The third-order valence-corrected chi connectivity index (χ3v) is 2.61. The Morgan fingerprint density at radius 3 is 2.89 bits per heavy atom. The molecule has 0 aliphatic rings. The molecule has 0 saturated carbocycles. The highest BCUT2D eigenvalue weighted by Gasteiger charge is 2.05. The first-order chi connectivity index (χ1) is 8.77. The molecule has 2 aromatic rings. The number of anilines is 1. The zero-order valence-corrected chi connectivity index (χ0v) is 10.5. The minimum Gasteiger partial charge on any atom is -0.389 e. The molecule has 0 unspecified atom stereocenters. The summed E-state index contributed by atoms with van der Waals surface area (Å²) in [7, 11) is 0. The van der Waals surface area contributed by atoms with Crippen molar-refractivity contribution in [1.29, 1.82) is 0 Å². The summed E-state index contributed by atoms with van der Waals surface area (Å²) in [4.78, 5) is 4.55. The lowest BCUT2D eigenvalue weighted by Crippen LogP contribution is -2.16. The maximum atomic E-state index is 5.61. The van der Waals surface area contributed by atoms with Crippen LogP contribution in [-0.2, 0) is 6.42 Å². The van der Waals surface area contributed by atoms with Gasteiger partial charge in [0.1, 0.15) is 4.99 Å². The first-order valence-electron chi connectivity index (χ1n) is 5.52. The third-order valence-electron chi connectivity index (χ3n) is 2.39. The number of nitrogens with one attached hydrogen (secondary N) is 1. The Bertz CT molecular complexity index is 529. The summed E-state index contributed by atoms with van der Waals surface area (Å²) in [5.74, 6) is 0.612. The van der Waals surface area contributed by atoms with Crippen molar-refractivity contribution in [2.75, 3.05) is 11.9 Å². The number of pyridine rings is 1. The molecule has 3 N–H and O–H groups in total. The van der Waals surface area contributed by atoms with Crippen molar-refractivity contribution < 1.29 is 0 Å². The molecular weight excluding hydrogens is 246 g/mol. The average molecular weight is 259 g/mol. The van der Waals surface area contributed by atoms with Gasteiger partial charge in [-0.2, -0.15) is 5.10 Å². The van der Waals surface area contributed by atoms with Crippen LogP contribution in [0.25, 0.3) is 0 Å². The lowest BCUT2D eigenvalue weighted by molar-refractivity contribution is 0.934. The third kappa shape index (κ3) is 3.21. The zero-order chi connectivity index (χ0) is 12.8. The van der Waals surface area contributed by atoms with Gasteiger partial charge in [-0.05, 0) is 18.2 Å². The number of hydrogen-bond donors (Lipinski definition) is 2. The van der Waals surface area contributed by atoms with Crippen LogP contribution >= 0.6 is 12.2 Å². The van der Waals surface area contributed by atoms with Crippen LogP contribution in [0, 0.1) is 0 Å². The molecule has 0 saturated heterocycles. The van der Waals surface area contributed by atoms with Crippen LogP contribution < -0.4 is 11.1 Å². The summed E-state index contributed by atoms with van der Waals surface area (Å²) in [5.41, 5.74) is 7.34. The molecule has 0 atom stereocenters. The SMILES string of the molecule is NC(=S)c1ccnnc1NCCc1ccccn1. The summed E-state index contributed by atoms with van der Waals surface area (Å²) in [6.07, 6.45) is 4.14. The molecule has 0 aliphatic heterocycles. The van der Waals surface area contributed by atoms with Crippen LogP contribution in [0.4, 0.5) is 5.82 Å². The van der Waals surface area contributed by atoms with E-state index in [9.17, 15) is 0 Å². The molecule has 18 heavy (non-hydrogen) atoms. The van der Waals surface area contributed by atoms with Crippen molar-refractivity contribution in [2.45, 2.75) is 6.42 Å². The minimum atomic E-state index is 0.310. The highest BCUT2D eigenvalue weighted by molar-refractivity contribution is 7.80. The fraction of sp³-hybridized carbons (Fsp3) is 0.167. The van der Waals surface area contributed by atoms with Gasteiger partial charge in [-0.15, -0.1) is 5.10 Å². The van der Waals surface area contributed by atoms with Crippen molar-refractivity contribution in [3.63, 3.8) is 0 Å². The molecule has 0 aromatic carbocycles. The second-order valence-electron chi connectivity index (χ2n) is 3.66. The first-order valence-corrected chi connectivity index (χ1v) is 5.93. The molecule has 2 aromatic heterocycles. The fourth-order valence-electron chi connectivity index (χ4n) is 1.52. The van der Waals surface area contributed by atoms with Crippen LogP contribution in [0.3, 0.4) is 0 Å². The predicted octanol–water partition coefficient (Wildman–Crippen LogP) is 1.16. The van der Waals surface area contributed by atoms with E-state index in [0.29, 0.717) is 22.9 Å². The first kappa shape index (κ1) is 12.4. The highest BCUT2D eigenvalue weighted by atomic mass is 32.1. The lowest BCUT2D eigenvalue weighted by atomic mass is 10.2. The standard InChI is InChI=1S/C12H13N5S/c13-11(18)10-5-8-16-17-12(10)15-7-4-9-3-1-2-6-14-9/h1-3,5-6,8H,4,7H2,(H2,13,18)(H,15,17). The molecule has 0 amide bonds. The Hall–Kier alpha value is -2.08. The van der Waals surface area contributed by atoms with E-state index >= 15 is 0 Å². The van der Waals surface area contributed by atoms with Gasteiger partial charge in [-0.1, -0.05) is 18.3 Å². The topological polar surface area (TPSA) is 76.7 Å². The van der Waals surface area contributed by atoms with Crippen molar-refractivity contribution in [3.05, 3.63) is 47.9 Å². The normalized spacial score (nSPS) is 10.0. The van der Waals surface area contributed by atoms with Crippen molar-refractivity contribution in [2.24, 2.45) is 5.73 Å². The largest absolute Gasteiger partial charge is 0.389 e. The molecular formula is C12H13N5S. The van der Waals surface area contributed by atoms with E-state index in [2.05, 4.69) is 20.5 Å². The number of hydrogen-bond acceptors (Lipinski definition) is 5. The fourth-order valence-corrected chi connectivity index (χ4v) is 1.68. The Morgan fingerprint density at radius 1 is 1.28 bits per heavy atom. The second kappa shape index (κ2) is 6.02. The number of nitrogens with zero attached hydrogens (tertiary/aromatic N) is 3. The number of thiocarbonyl (C=S) groups is 1. The van der Waals surface area contributed by atoms with Crippen LogP contribution in [0.1, 0.15) is 11.3 Å². The van der Waals surface area contributed by atoms with Crippen molar-refractivity contribution >= 4 is 23.0 Å². The van der Waals surface area contributed by atoms with E-state index in [1.807, 2.05) is 18.2 Å². The highest BCUT2D eigenvalue weighted by Crippen LogP contribution is 2.09. The molecule has 0 bridgehead atoms. The Morgan fingerprint density at radius 2 is 2.17 bits per heavy atom. The lowest BCUT2D eigenvalue weighted by Gasteiger charge is -2.08. The van der Waals surface area contributed by atoms with E-state index in [0.717, 1.165) is 12.1 Å². The number of rotatable bonds is 5. The minimum absolute atomic E-state index is 0.310. The summed E-state index contributed by atoms with van der Waals surface area (Å²) < 4.78 is 0. The van der Waals surface area contributed by atoms with E-state index in [4.69, 9.17) is 18.0 Å². The second-order valence-corrected chi connectivity index (χ2v) is 4.10. The molecule has 2 rings (SSSR count). The Balaban J connectivity index is 1.97. The molecule has 0 spiro atoms. The average Bonchev–Trinajstić information content (AvgIpc) is 2.40. The molecule has 0 aliphatic carbocycles. The number of nitrogens with two attached hydrogens (primary N) is 1. The van der Waals surface area contributed by atoms with E-state index < -0.39 is 0 Å². The summed E-state index contributed by atoms with van der Waals surface area (Å²) in [6, 6.07) is 7.58. The molecule has 2 heterocycles.